The fourth-order valence-electron chi connectivity index (χ4n) is 2.11. The lowest BCUT2D eigenvalue weighted by atomic mass is 10.3. The normalized spacial score (nSPS) is 19.5. The topological polar surface area (TPSA) is 47.1 Å². The molecule has 1 N–H and O–H groups in total. The summed E-state index contributed by atoms with van der Waals surface area (Å²) >= 11 is 1.72. The van der Waals surface area contributed by atoms with Crippen LogP contribution in [0, 0.1) is 0 Å². The first-order valence-electron chi connectivity index (χ1n) is 6.13. The number of rotatable bonds is 4. The Hall–Kier alpha value is -1.20. The quantitative estimate of drug-likeness (QED) is 0.863. The molecule has 1 atom stereocenters. The lowest BCUT2D eigenvalue weighted by molar-refractivity contribution is 0.129. The third-order valence-electron chi connectivity index (χ3n) is 3.10. The molecule has 0 saturated carbocycles. The maximum atomic E-state index is 5.60. The number of benzene rings is 1. The molecule has 1 aromatic carbocycles. The molecule has 0 amide bonds. The highest BCUT2D eigenvalue weighted by atomic mass is 32.2. The van der Waals surface area contributed by atoms with Crippen LogP contribution in [0.5, 0.6) is 5.75 Å². The number of fused-ring (bicyclic) bond motifs is 1. The Morgan fingerprint density at radius 2 is 2.50 bits per heavy atom. The summed E-state index contributed by atoms with van der Waals surface area (Å²) in [6.45, 7) is 0.905. The highest BCUT2D eigenvalue weighted by Crippen LogP contribution is 2.25. The largest absolute Gasteiger partial charge is 0.497 e. The number of aromatic nitrogens is 2. The van der Waals surface area contributed by atoms with E-state index in [4.69, 9.17) is 9.47 Å². The summed E-state index contributed by atoms with van der Waals surface area (Å²) in [5, 5.41) is 0.953. The van der Waals surface area contributed by atoms with Gasteiger partial charge < -0.3 is 14.5 Å². The van der Waals surface area contributed by atoms with Crippen LogP contribution in [0.3, 0.4) is 0 Å². The van der Waals surface area contributed by atoms with Crippen LogP contribution in [0.25, 0.3) is 11.0 Å². The van der Waals surface area contributed by atoms with E-state index in [-0.39, 0.29) is 0 Å². The Balaban J connectivity index is 1.72. The van der Waals surface area contributed by atoms with Gasteiger partial charge in [-0.25, -0.2) is 4.98 Å². The molecule has 0 aliphatic carbocycles. The zero-order valence-electron chi connectivity index (χ0n) is 10.3. The van der Waals surface area contributed by atoms with Gasteiger partial charge in [-0.2, -0.15) is 0 Å². The fourth-order valence-corrected chi connectivity index (χ4v) is 3.06. The molecule has 1 aliphatic heterocycles. The van der Waals surface area contributed by atoms with Crippen molar-refractivity contribution in [2.24, 2.45) is 0 Å². The minimum atomic E-state index is 0.387. The van der Waals surface area contributed by atoms with Crippen LogP contribution >= 0.6 is 11.8 Å². The fraction of sp³-hybridized carbons (Fsp3) is 0.462. The van der Waals surface area contributed by atoms with E-state index < -0.39 is 0 Å². The van der Waals surface area contributed by atoms with Gasteiger partial charge in [0.25, 0.3) is 0 Å². The van der Waals surface area contributed by atoms with E-state index in [2.05, 4.69) is 9.97 Å². The number of methoxy groups -OCH3 is 1. The Morgan fingerprint density at radius 3 is 3.28 bits per heavy atom. The van der Waals surface area contributed by atoms with E-state index in [1.54, 1.807) is 18.9 Å². The molecule has 4 nitrogen and oxygen atoms in total. The molecule has 3 rings (SSSR count). The number of imidazole rings is 1. The molecule has 2 aromatic rings. The van der Waals surface area contributed by atoms with Crippen molar-refractivity contribution in [3.8, 4) is 5.75 Å². The molecule has 1 saturated heterocycles. The summed E-state index contributed by atoms with van der Waals surface area (Å²) in [6, 6.07) is 5.87. The highest BCUT2D eigenvalue weighted by molar-refractivity contribution is 7.99. The molecule has 1 aromatic heterocycles. The van der Waals surface area contributed by atoms with E-state index in [0.29, 0.717) is 6.10 Å². The number of ether oxygens (including phenoxy) is 2. The second-order valence-corrected chi connectivity index (χ2v) is 5.38. The number of thioether (sulfide) groups is 1. The molecular formula is C13H16N2O2S. The molecule has 96 valence electrons. The standard InChI is InChI=1S/C13H16N2O2S/c1-16-9-4-5-11-12(7-9)15-13(14-11)18-8-10-3-2-6-17-10/h4-5,7,10H,2-3,6,8H2,1H3,(H,14,15)/t10-/m1/s1. The number of nitrogens with one attached hydrogen (secondary N) is 1. The predicted molar refractivity (Wildman–Crippen MR) is 72.3 cm³/mol. The summed E-state index contributed by atoms with van der Waals surface area (Å²) < 4.78 is 10.8. The molecule has 0 unspecified atom stereocenters. The number of hydrogen-bond acceptors (Lipinski definition) is 4. The van der Waals surface area contributed by atoms with Crippen molar-refractivity contribution >= 4 is 22.8 Å². The third kappa shape index (κ3) is 2.47. The van der Waals surface area contributed by atoms with Gasteiger partial charge in [0, 0.05) is 18.4 Å². The van der Waals surface area contributed by atoms with Crippen molar-refractivity contribution in [1.82, 2.24) is 9.97 Å². The van der Waals surface area contributed by atoms with Crippen molar-refractivity contribution in [2.75, 3.05) is 19.5 Å². The summed E-state index contributed by atoms with van der Waals surface area (Å²) in [7, 11) is 1.67. The van der Waals surface area contributed by atoms with Crippen molar-refractivity contribution in [1.29, 1.82) is 0 Å². The first-order chi connectivity index (χ1) is 8.85. The number of hydrogen-bond donors (Lipinski definition) is 1. The third-order valence-corrected chi connectivity index (χ3v) is 4.10. The predicted octanol–water partition coefficient (Wildman–Crippen LogP) is 2.84. The molecule has 18 heavy (non-hydrogen) atoms. The number of nitrogens with zero attached hydrogens (tertiary/aromatic N) is 1. The Kier molecular flexibility index (Phi) is 3.43. The van der Waals surface area contributed by atoms with Gasteiger partial charge in [0.2, 0.25) is 0 Å². The maximum absolute atomic E-state index is 5.60. The Labute approximate surface area is 110 Å². The lowest BCUT2D eigenvalue weighted by Crippen LogP contribution is -2.07. The monoisotopic (exact) mass is 264 g/mol. The second-order valence-electron chi connectivity index (χ2n) is 4.37. The first-order valence-corrected chi connectivity index (χ1v) is 7.12. The van der Waals surface area contributed by atoms with Crippen LogP contribution in [0.4, 0.5) is 0 Å². The molecule has 0 radical (unpaired) electrons. The van der Waals surface area contributed by atoms with Gasteiger partial charge in [-0.15, -0.1) is 0 Å². The molecule has 0 bridgehead atoms. The molecule has 0 spiro atoms. The van der Waals surface area contributed by atoms with Crippen LogP contribution in [0.15, 0.2) is 23.4 Å². The minimum absolute atomic E-state index is 0.387. The minimum Gasteiger partial charge on any atom is -0.497 e. The second kappa shape index (κ2) is 5.20. The van der Waals surface area contributed by atoms with Gasteiger partial charge in [-0.3, -0.25) is 0 Å². The van der Waals surface area contributed by atoms with Crippen molar-refractivity contribution < 1.29 is 9.47 Å². The summed E-state index contributed by atoms with van der Waals surface area (Å²) in [6.07, 6.45) is 2.74. The van der Waals surface area contributed by atoms with E-state index in [1.165, 1.54) is 12.8 Å². The van der Waals surface area contributed by atoms with Gasteiger partial charge in [0.15, 0.2) is 5.16 Å². The lowest BCUT2D eigenvalue weighted by Gasteiger charge is -2.06. The highest BCUT2D eigenvalue weighted by Gasteiger charge is 2.16. The van der Waals surface area contributed by atoms with Gasteiger partial charge in [0.05, 0.1) is 24.2 Å². The van der Waals surface area contributed by atoms with Crippen molar-refractivity contribution in [3.05, 3.63) is 18.2 Å². The average molecular weight is 264 g/mol. The zero-order valence-corrected chi connectivity index (χ0v) is 11.1. The Bertz CT molecular complexity index is 535. The van der Waals surface area contributed by atoms with Crippen LogP contribution in [-0.2, 0) is 4.74 Å². The van der Waals surface area contributed by atoms with Crippen molar-refractivity contribution in [3.63, 3.8) is 0 Å². The first kappa shape index (κ1) is 11.9. The SMILES string of the molecule is COc1ccc2nc(SC[C@H]3CCCO3)[nH]c2c1. The molecule has 2 heterocycles. The van der Waals surface area contributed by atoms with E-state index >= 15 is 0 Å². The summed E-state index contributed by atoms with van der Waals surface area (Å²) in [5.74, 6) is 1.82. The molecule has 1 fully saturated rings. The van der Waals surface area contributed by atoms with Crippen LogP contribution in [0.2, 0.25) is 0 Å². The Morgan fingerprint density at radius 1 is 1.56 bits per heavy atom. The summed E-state index contributed by atoms with van der Waals surface area (Å²) in [5.41, 5.74) is 2.00. The average Bonchev–Trinajstić information content (AvgIpc) is 3.04. The molecule has 1 aliphatic rings. The number of aromatic amines is 1. The zero-order chi connectivity index (χ0) is 12.4. The smallest absolute Gasteiger partial charge is 0.166 e. The summed E-state index contributed by atoms with van der Waals surface area (Å²) in [4.78, 5) is 7.86. The van der Waals surface area contributed by atoms with Gasteiger partial charge >= 0.3 is 0 Å². The number of H-pyrrole nitrogens is 1. The van der Waals surface area contributed by atoms with Crippen LogP contribution in [-0.4, -0.2) is 35.5 Å². The maximum Gasteiger partial charge on any atom is 0.166 e. The van der Waals surface area contributed by atoms with Gasteiger partial charge in [-0.1, -0.05) is 11.8 Å². The van der Waals surface area contributed by atoms with Gasteiger partial charge in [0.1, 0.15) is 5.75 Å². The molecular weight excluding hydrogens is 248 g/mol. The van der Waals surface area contributed by atoms with Crippen molar-refractivity contribution in [2.45, 2.75) is 24.1 Å². The molecule has 5 heteroatoms. The van der Waals surface area contributed by atoms with E-state index in [0.717, 1.165) is 34.3 Å². The van der Waals surface area contributed by atoms with Gasteiger partial charge in [-0.05, 0) is 25.0 Å². The van der Waals surface area contributed by atoms with E-state index in [9.17, 15) is 0 Å². The van der Waals surface area contributed by atoms with Crippen LogP contribution < -0.4 is 4.74 Å². The van der Waals surface area contributed by atoms with Crippen LogP contribution in [0.1, 0.15) is 12.8 Å². The van der Waals surface area contributed by atoms with E-state index in [1.807, 2.05) is 18.2 Å².